The summed E-state index contributed by atoms with van der Waals surface area (Å²) in [6.45, 7) is 0.528. The first-order chi connectivity index (χ1) is 4.83. The maximum atomic E-state index is 4.85. The van der Waals surface area contributed by atoms with Gasteiger partial charge in [0.15, 0.2) is 0 Å². The summed E-state index contributed by atoms with van der Waals surface area (Å²) in [4.78, 5) is 8.50. The molecule has 1 rings (SSSR count). The smallest absolute Gasteiger partial charge is 0.0960 e. The molecule has 5 heteroatoms. The molecule has 56 valence electrons. The van der Waals surface area contributed by atoms with Crippen molar-refractivity contribution in [3.05, 3.63) is 15.0 Å². The number of aromatic nitrogens is 1. The van der Waals surface area contributed by atoms with Crippen LogP contribution in [0.25, 0.3) is 0 Å². The van der Waals surface area contributed by atoms with E-state index in [9.17, 15) is 0 Å². The van der Waals surface area contributed by atoms with E-state index in [2.05, 4.69) is 25.8 Å². The van der Waals surface area contributed by atoms with E-state index in [4.69, 9.17) is 5.90 Å². The Bertz CT molecular complexity index is 203. The van der Waals surface area contributed by atoms with Crippen LogP contribution in [0, 0.1) is 0 Å². The van der Waals surface area contributed by atoms with Gasteiger partial charge in [0.25, 0.3) is 0 Å². The molecule has 3 nitrogen and oxygen atoms in total. The first-order valence-corrected chi connectivity index (χ1v) is 4.36. The van der Waals surface area contributed by atoms with Gasteiger partial charge in [-0.3, -0.25) is 0 Å². The van der Waals surface area contributed by atoms with E-state index in [0.29, 0.717) is 6.61 Å². The fraction of sp³-hybridized carbons (Fsp3) is 0.400. The number of halogens is 1. The van der Waals surface area contributed by atoms with Crippen LogP contribution < -0.4 is 5.90 Å². The summed E-state index contributed by atoms with van der Waals surface area (Å²) in [5.41, 5.74) is 0. The van der Waals surface area contributed by atoms with Crippen molar-refractivity contribution in [1.82, 2.24) is 4.98 Å². The van der Waals surface area contributed by atoms with E-state index in [1.54, 1.807) is 17.5 Å². The maximum absolute atomic E-state index is 4.85. The van der Waals surface area contributed by atoms with Crippen molar-refractivity contribution in [2.24, 2.45) is 5.90 Å². The minimum atomic E-state index is 0.528. The van der Waals surface area contributed by atoms with Gasteiger partial charge in [-0.25, -0.2) is 10.9 Å². The molecule has 10 heavy (non-hydrogen) atoms. The largest absolute Gasteiger partial charge is 0.304 e. The molecule has 0 atom stereocenters. The van der Waals surface area contributed by atoms with Gasteiger partial charge in [0.1, 0.15) is 0 Å². The van der Waals surface area contributed by atoms with Crippen LogP contribution in [0.15, 0.2) is 9.98 Å². The Morgan fingerprint density at radius 1 is 1.80 bits per heavy atom. The van der Waals surface area contributed by atoms with E-state index >= 15 is 0 Å². The Labute approximate surface area is 71.3 Å². The Morgan fingerprint density at radius 2 is 2.60 bits per heavy atom. The first kappa shape index (κ1) is 8.13. The molecule has 0 aliphatic carbocycles. The van der Waals surface area contributed by atoms with Crippen LogP contribution in [0.1, 0.15) is 5.01 Å². The highest BCUT2D eigenvalue weighted by molar-refractivity contribution is 9.11. The summed E-state index contributed by atoms with van der Waals surface area (Å²) in [6.07, 6.45) is 2.56. The normalized spacial score (nSPS) is 10.2. The second-order valence-corrected chi connectivity index (χ2v) is 4.17. The van der Waals surface area contributed by atoms with E-state index in [0.717, 1.165) is 15.2 Å². The second-order valence-electron chi connectivity index (χ2n) is 1.68. The number of hydrogen-bond donors (Lipinski definition) is 1. The van der Waals surface area contributed by atoms with Crippen molar-refractivity contribution < 1.29 is 4.84 Å². The predicted molar refractivity (Wildman–Crippen MR) is 43.7 cm³/mol. The maximum Gasteiger partial charge on any atom is 0.0960 e. The van der Waals surface area contributed by atoms with Gasteiger partial charge in [-0.15, -0.1) is 11.3 Å². The zero-order valence-corrected chi connectivity index (χ0v) is 7.61. The lowest BCUT2D eigenvalue weighted by Gasteiger charge is -1.91. The molecule has 0 saturated carbocycles. The average molecular weight is 223 g/mol. The Balaban J connectivity index is 2.42. The molecule has 2 N–H and O–H groups in total. The van der Waals surface area contributed by atoms with Crippen LogP contribution >= 0.6 is 27.3 Å². The fourth-order valence-corrected chi connectivity index (χ4v) is 1.83. The van der Waals surface area contributed by atoms with Gasteiger partial charge in [-0.2, -0.15) is 0 Å². The standard InChI is InChI=1S/C5H7BrN2OS/c6-4-3-8-5(10-4)1-2-9-7/h3H,1-2,7H2. The molecule has 0 spiro atoms. The van der Waals surface area contributed by atoms with E-state index in [1.807, 2.05) is 0 Å². The van der Waals surface area contributed by atoms with Crippen molar-refractivity contribution in [2.45, 2.75) is 6.42 Å². The zero-order valence-electron chi connectivity index (χ0n) is 5.21. The number of hydrogen-bond acceptors (Lipinski definition) is 4. The molecule has 0 unspecified atom stereocenters. The van der Waals surface area contributed by atoms with Crippen LogP contribution in [0.5, 0.6) is 0 Å². The third-order valence-corrected chi connectivity index (χ3v) is 2.50. The van der Waals surface area contributed by atoms with Crippen molar-refractivity contribution in [2.75, 3.05) is 6.61 Å². The molecule has 1 aromatic heterocycles. The van der Waals surface area contributed by atoms with Crippen LogP contribution in [0.3, 0.4) is 0 Å². The van der Waals surface area contributed by atoms with Crippen LogP contribution in [-0.2, 0) is 11.3 Å². The van der Waals surface area contributed by atoms with E-state index in [-0.39, 0.29) is 0 Å². The molecular formula is C5H7BrN2OS. The Hall–Kier alpha value is 0.0300. The highest BCUT2D eigenvalue weighted by atomic mass is 79.9. The number of rotatable bonds is 3. The number of thiazole rings is 1. The summed E-state index contributed by atoms with van der Waals surface area (Å²) >= 11 is 4.91. The van der Waals surface area contributed by atoms with Crippen LogP contribution in [0.2, 0.25) is 0 Å². The number of nitrogens with two attached hydrogens (primary N) is 1. The minimum Gasteiger partial charge on any atom is -0.304 e. The molecule has 0 amide bonds. The molecule has 0 aliphatic heterocycles. The van der Waals surface area contributed by atoms with Gasteiger partial charge < -0.3 is 4.84 Å². The summed E-state index contributed by atoms with van der Waals surface area (Å²) in [5, 5.41) is 1.04. The quantitative estimate of drug-likeness (QED) is 0.786. The average Bonchev–Trinajstić information content (AvgIpc) is 2.31. The first-order valence-electron chi connectivity index (χ1n) is 2.75. The third kappa shape index (κ3) is 2.34. The summed E-state index contributed by atoms with van der Waals surface area (Å²) < 4.78 is 1.04. The molecule has 0 aliphatic rings. The summed E-state index contributed by atoms with van der Waals surface area (Å²) in [5.74, 6) is 4.85. The van der Waals surface area contributed by atoms with Crippen molar-refractivity contribution >= 4 is 27.3 Å². The molecule has 0 saturated heterocycles. The Kier molecular flexibility index (Phi) is 3.27. The molecule has 1 heterocycles. The predicted octanol–water partition coefficient (Wildman–Crippen LogP) is 1.34. The molecular weight excluding hydrogens is 216 g/mol. The highest BCUT2D eigenvalue weighted by Gasteiger charge is 1.97. The summed E-state index contributed by atoms with van der Waals surface area (Å²) in [7, 11) is 0. The van der Waals surface area contributed by atoms with Crippen molar-refractivity contribution in [1.29, 1.82) is 0 Å². The molecule has 0 bridgehead atoms. The lowest BCUT2D eigenvalue weighted by Crippen LogP contribution is -2.02. The lowest BCUT2D eigenvalue weighted by molar-refractivity contribution is 0.141. The zero-order chi connectivity index (χ0) is 7.40. The second kappa shape index (κ2) is 4.02. The van der Waals surface area contributed by atoms with Gasteiger partial charge in [0.2, 0.25) is 0 Å². The van der Waals surface area contributed by atoms with Crippen molar-refractivity contribution in [3.8, 4) is 0 Å². The van der Waals surface area contributed by atoms with Gasteiger partial charge in [0.05, 0.1) is 21.6 Å². The minimum absolute atomic E-state index is 0.528. The van der Waals surface area contributed by atoms with Gasteiger partial charge >= 0.3 is 0 Å². The van der Waals surface area contributed by atoms with Crippen LogP contribution in [-0.4, -0.2) is 11.6 Å². The molecule has 1 aromatic rings. The molecule has 0 fully saturated rings. The molecule has 0 radical (unpaired) electrons. The van der Waals surface area contributed by atoms with E-state index < -0.39 is 0 Å². The lowest BCUT2D eigenvalue weighted by atomic mass is 10.5. The fourth-order valence-electron chi connectivity index (χ4n) is 0.550. The van der Waals surface area contributed by atoms with Gasteiger partial charge in [-0.05, 0) is 15.9 Å². The molecule has 0 aromatic carbocycles. The van der Waals surface area contributed by atoms with Crippen molar-refractivity contribution in [3.63, 3.8) is 0 Å². The van der Waals surface area contributed by atoms with Gasteiger partial charge in [0, 0.05) is 6.42 Å². The topological polar surface area (TPSA) is 48.1 Å². The number of nitrogens with zero attached hydrogens (tertiary/aromatic N) is 1. The monoisotopic (exact) mass is 222 g/mol. The van der Waals surface area contributed by atoms with Gasteiger partial charge in [-0.1, -0.05) is 0 Å². The highest BCUT2D eigenvalue weighted by Crippen LogP contribution is 2.18. The Morgan fingerprint density at radius 3 is 3.10 bits per heavy atom. The van der Waals surface area contributed by atoms with Crippen LogP contribution in [0.4, 0.5) is 0 Å². The summed E-state index contributed by atoms with van der Waals surface area (Å²) in [6, 6.07) is 0. The van der Waals surface area contributed by atoms with E-state index in [1.165, 1.54) is 0 Å². The third-order valence-electron chi connectivity index (χ3n) is 0.959. The SMILES string of the molecule is NOCCc1ncc(Br)s1.